The molecule has 178 valence electrons. The molecule has 2 aliphatic rings. The van der Waals surface area contributed by atoms with Crippen molar-refractivity contribution < 1.29 is 23.7 Å². The summed E-state index contributed by atoms with van der Waals surface area (Å²) in [6, 6.07) is 20.8. The minimum atomic E-state index is -0.253. The summed E-state index contributed by atoms with van der Waals surface area (Å²) in [4.78, 5) is 14.4. The summed E-state index contributed by atoms with van der Waals surface area (Å²) in [5.74, 6) is 1.69. The Hall–Kier alpha value is -3.25. The van der Waals surface area contributed by atoms with Gasteiger partial charge in [0.15, 0.2) is 11.5 Å². The third-order valence-corrected chi connectivity index (χ3v) is 6.64. The van der Waals surface area contributed by atoms with Crippen molar-refractivity contribution in [3.05, 3.63) is 71.8 Å². The molecule has 0 radical (unpaired) electrons. The van der Waals surface area contributed by atoms with Crippen LogP contribution >= 0.6 is 0 Å². The fourth-order valence-corrected chi connectivity index (χ4v) is 4.70. The zero-order valence-corrected chi connectivity index (χ0v) is 19.6. The zero-order valence-electron chi connectivity index (χ0n) is 19.6. The molecule has 2 unspecified atom stereocenters. The fraction of sp³-hybridized carbons (Fsp3) is 0.393. The van der Waals surface area contributed by atoms with E-state index < -0.39 is 0 Å². The lowest BCUT2D eigenvalue weighted by Crippen LogP contribution is -2.47. The van der Waals surface area contributed by atoms with Gasteiger partial charge in [-0.3, -0.25) is 0 Å². The number of carbonyl (C=O) groups excluding carboxylic acids is 1. The first-order valence-electron chi connectivity index (χ1n) is 12.1. The largest absolute Gasteiger partial charge is 0.454 e. The van der Waals surface area contributed by atoms with Gasteiger partial charge in [-0.15, -0.1) is 0 Å². The lowest BCUT2D eigenvalue weighted by atomic mass is 9.86. The first-order valence-corrected chi connectivity index (χ1v) is 12.1. The number of piperidine rings is 1. The van der Waals surface area contributed by atoms with Gasteiger partial charge in [-0.1, -0.05) is 55.8 Å². The predicted octanol–water partition coefficient (Wildman–Crippen LogP) is 5.88. The van der Waals surface area contributed by atoms with Crippen LogP contribution in [0.1, 0.15) is 43.2 Å². The van der Waals surface area contributed by atoms with E-state index in [1.165, 1.54) is 10.8 Å². The fourth-order valence-electron chi connectivity index (χ4n) is 4.70. The number of amides is 1. The van der Waals surface area contributed by atoms with Gasteiger partial charge in [0.25, 0.3) is 0 Å². The second kappa shape index (κ2) is 10.3. The molecule has 0 N–H and O–H groups in total. The summed E-state index contributed by atoms with van der Waals surface area (Å²) in [6.45, 7) is 4.41. The number of unbranched alkanes of at least 4 members (excludes halogenated alkanes) is 1. The maximum absolute atomic E-state index is 12.6. The zero-order chi connectivity index (χ0) is 23.3. The van der Waals surface area contributed by atoms with Crippen molar-refractivity contribution in [2.24, 2.45) is 0 Å². The number of likely N-dealkylation sites (tertiary alicyclic amines) is 1. The minimum Gasteiger partial charge on any atom is -0.454 e. The van der Waals surface area contributed by atoms with Crippen LogP contribution in [0.5, 0.6) is 11.5 Å². The molecule has 2 atom stereocenters. The number of hydrogen-bond donors (Lipinski definition) is 0. The van der Waals surface area contributed by atoms with E-state index in [1.807, 2.05) is 18.2 Å². The molecule has 0 aliphatic carbocycles. The number of fused-ring (bicyclic) bond motifs is 2. The van der Waals surface area contributed by atoms with Crippen LogP contribution in [0, 0.1) is 0 Å². The third-order valence-electron chi connectivity index (χ3n) is 6.64. The Morgan fingerprint density at radius 3 is 2.76 bits per heavy atom. The second-order valence-corrected chi connectivity index (χ2v) is 8.95. The van der Waals surface area contributed by atoms with Crippen molar-refractivity contribution in [3.8, 4) is 11.5 Å². The van der Waals surface area contributed by atoms with E-state index >= 15 is 0 Å². The molecule has 5 rings (SSSR count). The minimum absolute atomic E-state index is 0.148. The topological polar surface area (TPSA) is 57.2 Å². The van der Waals surface area contributed by atoms with Crippen molar-refractivity contribution in [2.75, 3.05) is 26.5 Å². The Kier molecular flexibility index (Phi) is 6.86. The molecule has 34 heavy (non-hydrogen) atoms. The molecule has 3 aromatic rings. The van der Waals surface area contributed by atoms with E-state index in [4.69, 9.17) is 18.9 Å². The highest BCUT2D eigenvalue weighted by atomic mass is 16.7. The Labute approximate surface area is 200 Å². The summed E-state index contributed by atoms with van der Waals surface area (Å²) in [7, 11) is 0. The number of carbonyl (C=O) groups is 1. The number of ether oxygens (including phenoxy) is 4. The van der Waals surface area contributed by atoms with Gasteiger partial charge in [-0.25, -0.2) is 4.79 Å². The van der Waals surface area contributed by atoms with E-state index in [0.717, 1.165) is 41.9 Å². The van der Waals surface area contributed by atoms with Crippen LogP contribution in [0.15, 0.2) is 60.7 Å². The first-order chi connectivity index (χ1) is 16.7. The number of nitrogens with zero attached hydrogens (tertiary/aromatic N) is 1. The molecule has 0 bridgehead atoms. The lowest BCUT2D eigenvalue weighted by molar-refractivity contribution is -0.0239. The Morgan fingerprint density at radius 1 is 1.03 bits per heavy atom. The van der Waals surface area contributed by atoms with Gasteiger partial charge >= 0.3 is 6.09 Å². The Balaban J connectivity index is 1.33. The number of rotatable bonds is 7. The molecule has 6 heteroatoms. The second-order valence-electron chi connectivity index (χ2n) is 8.95. The van der Waals surface area contributed by atoms with Crippen molar-refractivity contribution in [1.82, 2.24) is 4.90 Å². The van der Waals surface area contributed by atoms with Gasteiger partial charge in [0.2, 0.25) is 6.79 Å². The van der Waals surface area contributed by atoms with E-state index in [0.29, 0.717) is 26.3 Å². The molecule has 1 amide bonds. The highest BCUT2D eigenvalue weighted by molar-refractivity contribution is 5.82. The molecule has 3 aromatic carbocycles. The summed E-state index contributed by atoms with van der Waals surface area (Å²) < 4.78 is 23.0. The smallest absolute Gasteiger partial charge is 0.409 e. The van der Waals surface area contributed by atoms with E-state index in [-0.39, 0.29) is 24.9 Å². The van der Waals surface area contributed by atoms with Gasteiger partial charge < -0.3 is 23.8 Å². The van der Waals surface area contributed by atoms with Crippen LogP contribution in [0.4, 0.5) is 4.79 Å². The highest BCUT2D eigenvalue weighted by Gasteiger charge is 2.34. The molecule has 0 aromatic heterocycles. The molecule has 1 fully saturated rings. The van der Waals surface area contributed by atoms with Crippen LogP contribution in [0.2, 0.25) is 0 Å². The van der Waals surface area contributed by atoms with Gasteiger partial charge in [0, 0.05) is 12.5 Å². The van der Waals surface area contributed by atoms with E-state index in [9.17, 15) is 4.79 Å². The number of benzene rings is 3. The van der Waals surface area contributed by atoms with E-state index in [2.05, 4.69) is 49.4 Å². The van der Waals surface area contributed by atoms with Crippen molar-refractivity contribution in [1.29, 1.82) is 0 Å². The number of hydrogen-bond acceptors (Lipinski definition) is 5. The summed E-state index contributed by atoms with van der Waals surface area (Å²) in [5.41, 5.74) is 2.26. The van der Waals surface area contributed by atoms with Crippen LogP contribution in [-0.4, -0.2) is 43.6 Å². The molecular formula is C28H31NO5. The highest BCUT2D eigenvalue weighted by Crippen LogP contribution is 2.38. The monoisotopic (exact) mass is 461 g/mol. The molecular weight excluding hydrogens is 430 g/mol. The standard InChI is InChI=1S/C28H31NO5/c1-2-3-14-31-28(30)29-13-12-24(23-10-11-25-26(16-23)34-19-33-25)27(17-29)32-18-20-8-9-21-6-4-5-7-22(21)15-20/h4-11,15-16,24,27H,2-3,12-14,17-19H2,1H3. The van der Waals surface area contributed by atoms with E-state index in [1.54, 1.807) is 4.90 Å². The molecule has 0 saturated carbocycles. The molecule has 6 nitrogen and oxygen atoms in total. The summed E-state index contributed by atoms with van der Waals surface area (Å²) in [6.07, 6.45) is 2.26. The summed E-state index contributed by atoms with van der Waals surface area (Å²) in [5, 5.41) is 2.41. The summed E-state index contributed by atoms with van der Waals surface area (Å²) >= 11 is 0. The maximum atomic E-state index is 12.6. The molecule has 2 aliphatic heterocycles. The third kappa shape index (κ3) is 4.97. The Bertz CT molecular complexity index is 1150. The van der Waals surface area contributed by atoms with Crippen LogP contribution in [0.3, 0.4) is 0 Å². The van der Waals surface area contributed by atoms with Crippen molar-refractivity contribution >= 4 is 16.9 Å². The first kappa shape index (κ1) is 22.5. The predicted molar refractivity (Wildman–Crippen MR) is 130 cm³/mol. The maximum Gasteiger partial charge on any atom is 0.409 e. The average Bonchev–Trinajstić information content (AvgIpc) is 3.35. The van der Waals surface area contributed by atoms with Gasteiger partial charge in [0.05, 0.1) is 25.9 Å². The quantitative estimate of drug-likeness (QED) is 0.411. The SMILES string of the molecule is CCCCOC(=O)N1CCC(c2ccc3c(c2)OCO3)C(OCc2ccc3ccccc3c2)C1. The van der Waals surface area contributed by atoms with Crippen LogP contribution in [0.25, 0.3) is 10.8 Å². The van der Waals surface area contributed by atoms with Crippen LogP contribution < -0.4 is 9.47 Å². The molecule has 2 heterocycles. The lowest BCUT2D eigenvalue weighted by Gasteiger charge is -2.38. The molecule has 0 spiro atoms. The van der Waals surface area contributed by atoms with Gasteiger partial charge in [-0.2, -0.15) is 0 Å². The Morgan fingerprint density at radius 2 is 1.88 bits per heavy atom. The van der Waals surface area contributed by atoms with Crippen molar-refractivity contribution in [2.45, 2.75) is 44.8 Å². The van der Waals surface area contributed by atoms with Gasteiger partial charge in [-0.05, 0) is 52.9 Å². The normalized spacial score (nSPS) is 19.4. The average molecular weight is 462 g/mol. The van der Waals surface area contributed by atoms with Crippen molar-refractivity contribution in [3.63, 3.8) is 0 Å². The molecule has 1 saturated heterocycles. The van der Waals surface area contributed by atoms with Crippen LogP contribution in [-0.2, 0) is 16.1 Å². The van der Waals surface area contributed by atoms with Gasteiger partial charge in [0.1, 0.15) is 0 Å².